The number of hydrogen-bond acceptors (Lipinski definition) is 5. The third-order valence-corrected chi connectivity index (χ3v) is 10.9. The zero-order valence-corrected chi connectivity index (χ0v) is 22.3. The van der Waals surface area contributed by atoms with Crippen molar-refractivity contribution in [3.63, 3.8) is 0 Å². The summed E-state index contributed by atoms with van der Waals surface area (Å²) < 4.78 is 12.2. The SMILES string of the molecule is CCCCCCCCCOP(=S)(OCCCCCCCCC)SC(CC)CC(=O)O. The molecule has 0 amide bonds. The summed E-state index contributed by atoms with van der Waals surface area (Å²) in [6.07, 6.45) is 18.1. The van der Waals surface area contributed by atoms with Gasteiger partial charge < -0.3 is 14.2 Å². The number of hydrogen-bond donors (Lipinski definition) is 1. The molecule has 0 aromatic heterocycles. The highest BCUT2D eigenvalue weighted by molar-refractivity contribution is 8.68. The summed E-state index contributed by atoms with van der Waals surface area (Å²) in [7, 11) is 0. The molecule has 0 radical (unpaired) electrons. The summed E-state index contributed by atoms with van der Waals surface area (Å²) in [6.45, 7) is 7.72. The van der Waals surface area contributed by atoms with Crippen LogP contribution in [-0.4, -0.2) is 29.5 Å². The Labute approximate surface area is 195 Å². The summed E-state index contributed by atoms with van der Waals surface area (Å²) in [5.41, 5.74) is -2.49. The van der Waals surface area contributed by atoms with Crippen molar-refractivity contribution in [3.05, 3.63) is 0 Å². The largest absolute Gasteiger partial charge is 0.481 e. The van der Waals surface area contributed by atoms with Gasteiger partial charge in [-0.2, -0.15) is 0 Å². The van der Waals surface area contributed by atoms with E-state index in [4.69, 9.17) is 26.0 Å². The fraction of sp³-hybridized carbons (Fsp3) is 0.957. The summed E-state index contributed by atoms with van der Waals surface area (Å²) in [6, 6.07) is 0. The predicted octanol–water partition coefficient (Wildman–Crippen LogP) is 8.73. The molecule has 0 saturated carbocycles. The van der Waals surface area contributed by atoms with Gasteiger partial charge in [0.2, 0.25) is 5.69 Å². The van der Waals surface area contributed by atoms with Crippen LogP contribution >= 0.6 is 17.1 Å². The molecule has 0 rings (SSSR count). The van der Waals surface area contributed by atoms with Crippen molar-refractivity contribution in [1.82, 2.24) is 0 Å². The molecule has 0 aliphatic rings. The average molecular weight is 483 g/mol. The molecular weight excluding hydrogens is 435 g/mol. The molecule has 1 atom stereocenters. The second-order valence-corrected chi connectivity index (χ2v) is 14.6. The van der Waals surface area contributed by atoms with Gasteiger partial charge in [-0.15, -0.1) is 0 Å². The maximum Gasteiger partial charge on any atom is 0.304 e. The fourth-order valence-corrected chi connectivity index (χ4v) is 8.96. The maximum absolute atomic E-state index is 11.2. The standard InChI is InChI=1S/C23H47O4PS2/c1-4-7-9-11-13-15-17-19-26-28(29,30-22(6-3)21-23(24)25)27-20-18-16-14-12-10-8-5-2/h22H,4-21H2,1-3H3,(H,24,25). The van der Waals surface area contributed by atoms with Crippen LogP contribution in [0.1, 0.15) is 124 Å². The summed E-state index contributed by atoms with van der Waals surface area (Å²) in [4.78, 5) is 11.2. The molecule has 0 bridgehead atoms. The van der Waals surface area contributed by atoms with Crippen molar-refractivity contribution in [2.45, 2.75) is 129 Å². The number of aliphatic carboxylic acids is 1. The van der Waals surface area contributed by atoms with E-state index in [0.717, 1.165) is 32.1 Å². The van der Waals surface area contributed by atoms with Crippen LogP contribution in [-0.2, 0) is 25.6 Å². The van der Waals surface area contributed by atoms with E-state index >= 15 is 0 Å². The molecule has 0 heterocycles. The van der Waals surface area contributed by atoms with Crippen LogP contribution in [0.5, 0.6) is 0 Å². The van der Waals surface area contributed by atoms with Crippen LogP contribution in [0.2, 0.25) is 0 Å². The number of carbonyl (C=O) groups is 1. The third kappa shape index (κ3) is 19.1. The van der Waals surface area contributed by atoms with Crippen LogP contribution in [0, 0.1) is 0 Å². The number of rotatable bonds is 23. The molecule has 0 aliphatic heterocycles. The summed E-state index contributed by atoms with van der Waals surface area (Å²) in [5, 5.41) is 9.12. The minimum atomic E-state index is -2.49. The molecule has 1 unspecified atom stereocenters. The Hall–Kier alpha value is 0.390. The lowest BCUT2D eigenvalue weighted by molar-refractivity contribution is -0.136. The molecule has 0 spiro atoms. The van der Waals surface area contributed by atoms with Crippen molar-refractivity contribution in [2.24, 2.45) is 0 Å². The highest BCUT2D eigenvalue weighted by Crippen LogP contribution is 2.63. The fourth-order valence-electron chi connectivity index (χ4n) is 3.20. The molecule has 0 saturated heterocycles. The Morgan fingerprint density at radius 2 is 1.20 bits per heavy atom. The monoisotopic (exact) mass is 482 g/mol. The second kappa shape index (κ2) is 21.2. The van der Waals surface area contributed by atoms with Crippen LogP contribution in [0.4, 0.5) is 0 Å². The minimum absolute atomic E-state index is 0.0450. The zero-order chi connectivity index (χ0) is 22.5. The van der Waals surface area contributed by atoms with Crippen molar-refractivity contribution >= 4 is 34.9 Å². The molecule has 180 valence electrons. The van der Waals surface area contributed by atoms with Gasteiger partial charge in [0.05, 0.1) is 19.6 Å². The van der Waals surface area contributed by atoms with Gasteiger partial charge in [0.1, 0.15) is 0 Å². The van der Waals surface area contributed by atoms with E-state index in [9.17, 15) is 4.79 Å². The van der Waals surface area contributed by atoms with Gasteiger partial charge in [0.25, 0.3) is 0 Å². The Bertz CT molecular complexity index is 425. The number of unbranched alkanes of at least 4 members (excludes halogenated alkanes) is 12. The molecule has 0 aromatic carbocycles. The van der Waals surface area contributed by atoms with Crippen LogP contribution < -0.4 is 0 Å². The van der Waals surface area contributed by atoms with E-state index in [2.05, 4.69) is 13.8 Å². The molecule has 0 aromatic rings. The Morgan fingerprint density at radius 1 is 0.800 bits per heavy atom. The Kier molecular flexibility index (Phi) is 21.5. The van der Waals surface area contributed by atoms with E-state index in [1.165, 1.54) is 75.6 Å². The highest BCUT2D eigenvalue weighted by Gasteiger charge is 2.26. The first-order valence-electron chi connectivity index (χ1n) is 12.3. The molecule has 30 heavy (non-hydrogen) atoms. The van der Waals surface area contributed by atoms with Crippen LogP contribution in [0.25, 0.3) is 0 Å². The van der Waals surface area contributed by atoms with Gasteiger partial charge in [0, 0.05) is 5.25 Å². The predicted molar refractivity (Wildman–Crippen MR) is 136 cm³/mol. The van der Waals surface area contributed by atoms with E-state index in [1.54, 1.807) is 0 Å². The lowest BCUT2D eigenvalue weighted by atomic mass is 10.1. The van der Waals surface area contributed by atoms with Gasteiger partial charge in [0.15, 0.2) is 0 Å². The topological polar surface area (TPSA) is 55.8 Å². The molecule has 0 fully saturated rings. The Morgan fingerprint density at radius 3 is 1.57 bits per heavy atom. The molecule has 1 N–H and O–H groups in total. The smallest absolute Gasteiger partial charge is 0.304 e. The average Bonchev–Trinajstić information content (AvgIpc) is 2.71. The van der Waals surface area contributed by atoms with Crippen LogP contribution in [0.3, 0.4) is 0 Å². The number of carboxylic acid groups (broad SMARTS) is 1. The maximum atomic E-state index is 11.2. The van der Waals surface area contributed by atoms with Crippen LogP contribution in [0.15, 0.2) is 0 Å². The van der Waals surface area contributed by atoms with Crippen molar-refractivity contribution < 1.29 is 18.9 Å². The van der Waals surface area contributed by atoms with E-state index in [-0.39, 0.29) is 11.7 Å². The lowest BCUT2D eigenvalue weighted by Gasteiger charge is -2.25. The molecular formula is C23H47O4PS2. The van der Waals surface area contributed by atoms with Crippen molar-refractivity contribution in [1.29, 1.82) is 0 Å². The van der Waals surface area contributed by atoms with Gasteiger partial charge in [-0.3, -0.25) is 4.79 Å². The molecule has 7 heteroatoms. The van der Waals surface area contributed by atoms with Gasteiger partial charge in [-0.05, 0) is 31.1 Å². The highest BCUT2D eigenvalue weighted by atomic mass is 32.9. The Balaban J connectivity index is 4.33. The summed E-state index contributed by atoms with van der Waals surface area (Å²) >= 11 is 7.28. The summed E-state index contributed by atoms with van der Waals surface area (Å²) in [5.74, 6) is -0.782. The second-order valence-electron chi connectivity index (χ2n) is 8.09. The normalized spacial score (nSPS) is 12.9. The quantitative estimate of drug-likeness (QED) is 0.116. The number of carboxylic acids is 1. The van der Waals surface area contributed by atoms with Gasteiger partial charge in [-0.25, -0.2) is 0 Å². The lowest BCUT2D eigenvalue weighted by Crippen LogP contribution is -2.10. The van der Waals surface area contributed by atoms with E-state index in [0.29, 0.717) is 13.2 Å². The third-order valence-electron chi connectivity index (χ3n) is 5.13. The van der Waals surface area contributed by atoms with Crippen molar-refractivity contribution in [2.75, 3.05) is 13.2 Å². The van der Waals surface area contributed by atoms with E-state index in [1.807, 2.05) is 6.92 Å². The van der Waals surface area contributed by atoms with Gasteiger partial charge in [-0.1, -0.05) is 109 Å². The molecule has 4 nitrogen and oxygen atoms in total. The minimum Gasteiger partial charge on any atom is -0.481 e. The van der Waals surface area contributed by atoms with Gasteiger partial charge >= 0.3 is 5.97 Å². The van der Waals surface area contributed by atoms with Crippen molar-refractivity contribution in [3.8, 4) is 0 Å². The first-order valence-corrected chi connectivity index (χ1v) is 16.4. The first-order chi connectivity index (χ1) is 14.5. The van der Waals surface area contributed by atoms with E-state index < -0.39 is 11.7 Å². The molecule has 0 aliphatic carbocycles. The first kappa shape index (κ1) is 30.4. The zero-order valence-electron chi connectivity index (χ0n) is 19.7.